The zero-order valence-corrected chi connectivity index (χ0v) is 16.7. The molecule has 0 saturated carbocycles. The number of thiazole rings is 1. The van der Waals surface area contributed by atoms with Crippen LogP contribution in [0.1, 0.15) is 5.69 Å². The summed E-state index contributed by atoms with van der Waals surface area (Å²) in [5, 5.41) is 7.39. The van der Waals surface area contributed by atoms with Crippen molar-refractivity contribution in [3.63, 3.8) is 0 Å². The van der Waals surface area contributed by atoms with Gasteiger partial charge in [-0.15, -0.1) is 22.7 Å². The second kappa shape index (κ2) is 8.54. The maximum atomic E-state index is 11.9. The van der Waals surface area contributed by atoms with Crippen LogP contribution in [0, 0.1) is 3.57 Å². The Morgan fingerprint density at radius 1 is 1.20 bits per heavy atom. The summed E-state index contributed by atoms with van der Waals surface area (Å²) < 4.78 is 6.04. The number of nitrogens with zero attached hydrogens (tertiary/aromatic N) is 1. The van der Waals surface area contributed by atoms with Gasteiger partial charge in [-0.1, -0.05) is 12.1 Å². The van der Waals surface area contributed by atoms with Gasteiger partial charge in [0.1, 0.15) is 5.01 Å². The van der Waals surface area contributed by atoms with Gasteiger partial charge in [0.25, 0.3) is 5.91 Å². The number of amides is 1. The number of aromatic nitrogens is 1. The highest BCUT2D eigenvalue weighted by molar-refractivity contribution is 14.1. The van der Waals surface area contributed by atoms with Crippen molar-refractivity contribution in [2.75, 3.05) is 11.9 Å². The Morgan fingerprint density at radius 3 is 2.84 bits per heavy atom. The summed E-state index contributed by atoms with van der Waals surface area (Å²) in [5.41, 5.74) is 1.32. The van der Waals surface area contributed by atoms with E-state index in [1.807, 2.05) is 41.1 Å². The number of anilines is 1. The summed E-state index contributed by atoms with van der Waals surface area (Å²) in [7, 11) is 0. The fraction of sp³-hybridized carbons (Fsp3) is 0.118. The van der Waals surface area contributed by atoms with Gasteiger partial charge in [-0.25, -0.2) is 4.98 Å². The Labute approximate surface area is 166 Å². The highest BCUT2D eigenvalue weighted by atomic mass is 127. The van der Waals surface area contributed by atoms with Crippen molar-refractivity contribution < 1.29 is 14.3 Å². The average molecular weight is 484 g/mol. The molecule has 25 heavy (non-hydrogen) atoms. The van der Waals surface area contributed by atoms with Crippen molar-refractivity contribution >= 4 is 62.8 Å². The quantitative estimate of drug-likeness (QED) is 0.421. The van der Waals surface area contributed by atoms with E-state index in [1.165, 1.54) is 11.3 Å². The molecule has 8 heteroatoms. The van der Waals surface area contributed by atoms with Crippen LogP contribution in [0.25, 0.3) is 9.88 Å². The molecule has 128 valence electrons. The molecule has 2 aromatic heterocycles. The van der Waals surface area contributed by atoms with Crippen molar-refractivity contribution in [2.45, 2.75) is 6.42 Å². The van der Waals surface area contributed by atoms with Gasteiger partial charge in [0.2, 0.25) is 0 Å². The molecule has 0 aliphatic heterocycles. The number of nitrogens with one attached hydrogen (secondary N) is 1. The third-order valence-electron chi connectivity index (χ3n) is 3.08. The smallest absolute Gasteiger partial charge is 0.312 e. The number of carbonyl (C=O) groups is 2. The highest BCUT2D eigenvalue weighted by Gasteiger charge is 2.12. The maximum absolute atomic E-state index is 11.9. The Morgan fingerprint density at radius 2 is 2.08 bits per heavy atom. The van der Waals surface area contributed by atoms with Gasteiger partial charge < -0.3 is 10.1 Å². The number of ether oxygens (including phenoxy) is 1. The SMILES string of the molecule is O=C(COC(=O)Cc1csc(-c2cccs2)n1)Nc1cccc(I)c1. The summed E-state index contributed by atoms with van der Waals surface area (Å²) in [6.45, 7) is -0.313. The Hall–Kier alpha value is -1.78. The van der Waals surface area contributed by atoms with Crippen LogP contribution in [0.4, 0.5) is 5.69 Å². The molecular formula is C17H13IN2O3S2. The van der Waals surface area contributed by atoms with E-state index in [0.29, 0.717) is 11.4 Å². The summed E-state index contributed by atoms with van der Waals surface area (Å²) in [4.78, 5) is 29.2. The Bertz CT molecular complexity index is 878. The van der Waals surface area contributed by atoms with Crippen molar-refractivity contribution in [3.05, 3.63) is 56.4 Å². The minimum atomic E-state index is -0.471. The first-order chi connectivity index (χ1) is 12.1. The number of rotatable bonds is 6. The predicted molar refractivity (Wildman–Crippen MR) is 108 cm³/mol. The van der Waals surface area contributed by atoms with Gasteiger partial charge in [-0.05, 0) is 52.2 Å². The molecule has 1 amide bonds. The first-order valence-electron chi connectivity index (χ1n) is 7.29. The summed E-state index contributed by atoms with van der Waals surface area (Å²) in [6.07, 6.45) is 0.0540. The third kappa shape index (κ3) is 5.35. The molecule has 0 bridgehead atoms. The summed E-state index contributed by atoms with van der Waals surface area (Å²) in [6, 6.07) is 11.3. The number of benzene rings is 1. The molecule has 2 heterocycles. The van der Waals surface area contributed by atoms with E-state index in [9.17, 15) is 9.59 Å². The summed E-state index contributed by atoms with van der Waals surface area (Å²) in [5.74, 6) is -0.839. The molecule has 3 rings (SSSR count). The first-order valence-corrected chi connectivity index (χ1v) is 10.1. The molecule has 0 fully saturated rings. The van der Waals surface area contributed by atoms with Gasteiger partial charge in [-0.3, -0.25) is 9.59 Å². The van der Waals surface area contributed by atoms with Crippen LogP contribution in [0.2, 0.25) is 0 Å². The molecule has 0 atom stereocenters. The van der Waals surface area contributed by atoms with E-state index in [-0.39, 0.29) is 18.9 Å². The van der Waals surface area contributed by atoms with E-state index in [0.717, 1.165) is 13.5 Å². The van der Waals surface area contributed by atoms with E-state index >= 15 is 0 Å². The van der Waals surface area contributed by atoms with Crippen LogP contribution in [-0.4, -0.2) is 23.5 Å². The van der Waals surface area contributed by atoms with Gasteiger partial charge in [-0.2, -0.15) is 0 Å². The maximum Gasteiger partial charge on any atom is 0.312 e. The Balaban J connectivity index is 1.47. The third-order valence-corrected chi connectivity index (χ3v) is 5.68. The van der Waals surface area contributed by atoms with Crippen molar-refractivity contribution in [2.24, 2.45) is 0 Å². The van der Waals surface area contributed by atoms with Gasteiger partial charge in [0.15, 0.2) is 6.61 Å². The standard InChI is InChI=1S/C17H13IN2O3S2/c18-11-3-1-4-12(7-11)19-15(21)9-23-16(22)8-13-10-25-17(20-13)14-5-2-6-24-14/h1-7,10H,8-9H2,(H,19,21). The molecule has 5 nitrogen and oxygen atoms in total. The van der Waals surface area contributed by atoms with Crippen LogP contribution >= 0.6 is 45.3 Å². The zero-order valence-electron chi connectivity index (χ0n) is 12.9. The largest absolute Gasteiger partial charge is 0.455 e. The van der Waals surface area contributed by atoms with Gasteiger partial charge >= 0.3 is 5.97 Å². The van der Waals surface area contributed by atoms with Crippen molar-refractivity contribution in [1.82, 2.24) is 4.98 Å². The zero-order chi connectivity index (χ0) is 17.6. The first kappa shape index (κ1) is 18.0. The monoisotopic (exact) mass is 484 g/mol. The lowest BCUT2D eigenvalue weighted by molar-refractivity contribution is -0.146. The topological polar surface area (TPSA) is 68.3 Å². The fourth-order valence-electron chi connectivity index (χ4n) is 2.01. The molecule has 0 aliphatic rings. The lowest BCUT2D eigenvalue weighted by atomic mass is 10.3. The second-order valence-corrected chi connectivity index (χ2v) is 8.07. The molecule has 1 aromatic carbocycles. The lowest BCUT2D eigenvalue weighted by Gasteiger charge is -2.06. The van der Waals surface area contributed by atoms with Crippen LogP contribution in [0.15, 0.2) is 47.2 Å². The molecule has 0 spiro atoms. The highest BCUT2D eigenvalue weighted by Crippen LogP contribution is 2.27. The fourth-order valence-corrected chi connectivity index (χ4v) is 4.19. The van der Waals surface area contributed by atoms with Gasteiger partial charge in [0.05, 0.1) is 17.0 Å². The number of carbonyl (C=O) groups excluding carboxylic acids is 2. The Kier molecular flexibility index (Phi) is 6.16. The van der Waals surface area contributed by atoms with Gasteiger partial charge in [0, 0.05) is 14.6 Å². The number of hydrogen-bond donors (Lipinski definition) is 1. The van der Waals surface area contributed by atoms with Crippen LogP contribution in [0.5, 0.6) is 0 Å². The van der Waals surface area contributed by atoms with E-state index in [4.69, 9.17) is 4.74 Å². The number of esters is 1. The van der Waals surface area contributed by atoms with E-state index in [2.05, 4.69) is 32.9 Å². The van der Waals surface area contributed by atoms with Crippen molar-refractivity contribution in [1.29, 1.82) is 0 Å². The summed E-state index contributed by atoms with van der Waals surface area (Å²) >= 11 is 5.25. The second-order valence-electron chi connectivity index (χ2n) is 5.02. The van der Waals surface area contributed by atoms with Crippen LogP contribution in [-0.2, 0) is 20.7 Å². The average Bonchev–Trinajstić information content (AvgIpc) is 3.24. The minimum absolute atomic E-state index is 0.0540. The molecular weight excluding hydrogens is 471 g/mol. The van der Waals surface area contributed by atoms with Crippen molar-refractivity contribution in [3.8, 4) is 9.88 Å². The predicted octanol–water partition coefficient (Wildman–Crippen LogP) is 4.20. The number of halogens is 1. The van der Waals surface area contributed by atoms with Crippen LogP contribution < -0.4 is 5.32 Å². The molecule has 0 radical (unpaired) electrons. The van der Waals surface area contributed by atoms with E-state index < -0.39 is 5.97 Å². The molecule has 0 aliphatic carbocycles. The lowest BCUT2D eigenvalue weighted by Crippen LogP contribution is -2.21. The molecule has 0 unspecified atom stereocenters. The molecule has 3 aromatic rings. The molecule has 0 saturated heterocycles. The molecule has 1 N–H and O–H groups in total. The normalized spacial score (nSPS) is 10.4. The minimum Gasteiger partial charge on any atom is -0.455 e. The van der Waals surface area contributed by atoms with E-state index in [1.54, 1.807) is 17.4 Å². The number of hydrogen-bond acceptors (Lipinski definition) is 6. The number of thiophene rings is 1. The van der Waals surface area contributed by atoms with Crippen LogP contribution in [0.3, 0.4) is 0 Å².